The van der Waals surface area contributed by atoms with Crippen LogP contribution >= 0.6 is 0 Å². The molecule has 0 saturated heterocycles. The van der Waals surface area contributed by atoms with Crippen LogP contribution in [0, 0.1) is 6.92 Å². The molecule has 1 aromatic carbocycles. The molecule has 0 spiro atoms. The second-order valence-corrected chi connectivity index (χ2v) is 6.60. The lowest BCUT2D eigenvalue weighted by atomic mass is 9.91. The Morgan fingerprint density at radius 3 is 2.54 bits per heavy atom. The molecular formula is C19H23N3O4. The summed E-state index contributed by atoms with van der Waals surface area (Å²) >= 11 is 0. The molecule has 2 aromatic rings. The zero-order chi connectivity index (χ0) is 18.5. The maximum Gasteiger partial charge on any atom is 0.407 e. The van der Waals surface area contributed by atoms with Gasteiger partial charge in [0.15, 0.2) is 0 Å². The minimum Gasteiger partial charge on any atom is -0.478 e. The van der Waals surface area contributed by atoms with Crippen LogP contribution in [0.15, 0.2) is 36.5 Å². The van der Waals surface area contributed by atoms with E-state index in [1.54, 1.807) is 11.6 Å². The standard InChI is InChI=1S/C19H23N3O4/c1-13-17(18(23)24)11-20-22(13)16-9-7-15(8-10-16)21-19(25)26-12-14-5-3-2-4-6-14/h2-6,11,15-16H,7-10,12H2,1H3,(H,21,25)(H,23,24). The van der Waals surface area contributed by atoms with Gasteiger partial charge in [0, 0.05) is 6.04 Å². The van der Waals surface area contributed by atoms with Crippen molar-refractivity contribution in [3.05, 3.63) is 53.3 Å². The van der Waals surface area contributed by atoms with Gasteiger partial charge in [-0.25, -0.2) is 9.59 Å². The van der Waals surface area contributed by atoms with E-state index in [9.17, 15) is 9.59 Å². The van der Waals surface area contributed by atoms with E-state index in [0.717, 1.165) is 31.2 Å². The summed E-state index contributed by atoms with van der Waals surface area (Å²) in [4.78, 5) is 23.1. The van der Waals surface area contributed by atoms with E-state index in [-0.39, 0.29) is 24.3 Å². The molecule has 3 rings (SSSR count). The second-order valence-electron chi connectivity index (χ2n) is 6.60. The molecule has 1 aliphatic rings. The fourth-order valence-corrected chi connectivity index (χ4v) is 3.40. The van der Waals surface area contributed by atoms with Gasteiger partial charge in [-0.1, -0.05) is 30.3 Å². The molecule has 7 heteroatoms. The van der Waals surface area contributed by atoms with Gasteiger partial charge in [-0.2, -0.15) is 5.10 Å². The Balaban J connectivity index is 1.46. The lowest BCUT2D eigenvalue weighted by Gasteiger charge is -2.29. The number of alkyl carbamates (subject to hydrolysis) is 1. The van der Waals surface area contributed by atoms with Crippen LogP contribution in [0.2, 0.25) is 0 Å². The number of aromatic nitrogens is 2. The normalized spacial score (nSPS) is 19.7. The molecule has 1 aromatic heterocycles. The van der Waals surface area contributed by atoms with Crippen molar-refractivity contribution < 1.29 is 19.4 Å². The number of hydrogen-bond acceptors (Lipinski definition) is 4. The van der Waals surface area contributed by atoms with Crippen LogP contribution in [0.1, 0.15) is 53.3 Å². The van der Waals surface area contributed by atoms with Crippen molar-refractivity contribution >= 4 is 12.1 Å². The number of carboxylic acids is 1. The molecular weight excluding hydrogens is 334 g/mol. The van der Waals surface area contributed by atoms with Crippen LogP contribution < -0.4 is 5.32 Å². The monoisotopic (exact) mass is 357 g/mol. The van der Waals surface area contributed by atoms with Gasteiger partial charge in [0.1, 0.15) is 12.2 Å². The van der Waals surface area contributed by atoms with Gasteiger partial charge in [0.25, 0.3) is 0 Å². The van der Waals surface area contributed by atoms with E-state index in [1.165, 1.54) is 6.20 Å². The molecule has 2 N–H and O–H groups in total. The fourth-order valence-electron chi connectivity index (χ4n) is 3.40. The topological polar surface area (TPSA) is 93.5 Å². The maximum atomic E-state index is 12.0. The molecule has 1 amide bonds. The van der Waals surface area contributed by atoms with Crippen LogP contribution in [-0.2, 0) is 11.3 Å². The van der Waals surface area contributed by atoms with Crippen molar-refractivity contribution in [2.75, 3.05) is 0 Å². The van der Waals surface area contributed by atoms with Crippen LogP contribution in [0.5, 0.6) is 0 Å². The molecule has 26 heavy (non-hydrogen) atoms. The number of carboxylic acid groups (broad SMARTS) is 1. The van der Waals surface area contributed by atoms with E-state index in [2.05, 4.69) is 10.4 Å². The largest absolute Gasteiger partial charge is 0.478 e. The number of hydrogen-bond donors (Lipinski definition) is 2. The van der Waals surface area contributed by atoms with E-state index in [1.807, 2.05) is 30.3 Å². The Hall–Kier alpha value is -2.83. The van der Waals surface area contributed by atoms with Gasteiger partial charge < -0.3 is 15.2 Å². The number of carbonyl (C=O) groups is 2. The van der Waals surface area contributed by atoms with E-state index in [0.29, 0.717) is 5.69 Å². The minimum absolute atomic E-state index is 0.0735. The van der Waals surface area contributed by atoms with Crippen LogP contribution in [0.3, 0.4) is 0 Å². The first-order valence-electron chi connectivity index (χ1n) is 8.79. The van der Waals surface area contributed by atoms with Gasteiger partial charge in [-0.15, -0.1) is 0 Å². The Morgan fingerprint density at radius 1 is 1.23 bits per heavy atom. The Labute approximate surface area is 152 Å². The highest BCUT2D eigenvalue weighted by Gasteiger charge is 2.26. The number of nitrogens with zero attached hydrogens (tertiary/aromatic N) is 2. The van der Waals surface area contributed by atoms with E-state index >= 15 is 0 Å². The third-order valence-corrected chi connectivity index (χ3v) is 4.85. The highest BCUT2D eigenvalue weighted by molar-refractivity contribution is 5.88. The van der Waals surface area contributed by atoms with E-state index < -0.39 is 12.1 Å². The molecule has 7 nitrogen and oxygen atoms in total. The highest BCUT2D eigenvalue weighted by Crippen LogP contribution is 2.29. The Kier molecular flexibility index (Phi) is 5.55. The molecule has 1 heterocycles. The molecule has 1 aliphatic carbocycles. The van der Waals surface area contributed by atoms with Gasteiger partial charge >= 0.3 is 12.1 Å². The zero-order valence-electron chi connectivity index (χ0n) is 14.7. The molecule has 0 radical (unpaired) electrons. The Morgan fingerprint density at radius 2 is 1.92 bits per heavy atom. The summed E-state index contributed by atoms with van der Waals surface area (Å²) in [6.07, 6.45) is 4.31. The van der Waals surface area contributed by atoms with Crippen molar-refractivity contribution in [2.45, 2.75) is 51.3 Å². The van der Waals surface area contributed by atoms with Gasteiger partial charge in [-0.3, -0.25) is 4.68 Å². The highest BCUT2D eigenvalue weighted by atomic mass is 16.5. The summed E-state index contributed by atoms with van der Waals surface area (Å²) in [5.41, 5.74) is 1.88. The first kappa shape index (κ1) is 18.0. The lowest BCUT2D eigenvalue weighted by Crippen LogP contribution is -2.38. The predicted octanol–water partition coefficient (Wildman–Crippen LogP) is 3.30. The summed E-state index contributed by atoms with van der Waals surface area (Å²) in [6.45, 7) is 2.04. The third-order valence-electron chi connectivity index (χ3n) is 4.85. The van der Waals surface area contributed by atoms with E-state index in [4.69, 9.17) is 9.84 Å². The van der Waals surface area contributed by atoms with Gasteiger partial charge in [0.2, 0.25) is 0 Å². The van der Waals surface area contributed by atoms with Crippen molar-refractivity contribution in [1.29, 1.82) is 0 Å². The Bertz CT molecular complexity index is 764. The number of benzene rings is 1. The predicted molar refractivity (Wildman–Crippen MR) is 95.0 cm³/mol. The van der Waals surface area contributed by atoms with Crippen LogP contribution in [0.4, 0.5) is 4.79 Å². The zero-order valence-corrected chi connectivity index (χ0v) is 14.7. The molecule has 0 unspecified atom stereocenters. The molecule has 138 valence electrons. The second kappa shape index (κ2) is 8.03. The number of nitrogens with one attached hydrogen (secondary N) is 1. The summed E-state index contributed by atoms with van der Waals surface area (Å²) in [5, 5.41) is 16.3. The summed E-state index contributed by atoms with van der Waals surface area (Å²) in [7, 11) is 0. The first-order valence-corrected chi connectivity index (χ1v) is 8.79. The smallest absolute Gasteiger partial charge is 0.407 e. The number of carbonyl (C=O) groups excluding carboxylic acids is 1. The average Bonchev–Trinajstić information content (AvgIpc) is 3.03. The van der Waals surface area contributed by atoms with Crippen LogP contribution in [-0.4, -0.2) is 33.0 Å². The van der Waals surface area contributed by atoms with Crippen molar-refractivity contribution in [3.63, 3.8) is 0 Å². The van der Waals surface area contributed by atoms with Crippen LogP contribution in [0.25, 0.3) is 0 Å². The maximum absolute atomic E-state index is 12.0. The number of amides is 1. The van der Waals surface area contributed by atoms with Gasteiger partial charge in [0.05, 0.1) is 17.9 Å². The number of aromatic carboxylic acids is 1. The quantitative estimate of drug-likeness (QED) is 0.856. The molecule has 0 aliphatic heterocycles. The lowest BCUT2D eigenvalue weighted by molar-refractivity contribution is 0.0695. The van der Waals surface area contributed by atoms with Crippen molar-refractivity contribution in [3.8, 4) is 0 Å². The van der Waals surface area contributed by atoms with Crippen molar-refractivity contribution in [1.82, 2.24) is 15.1 Å². The molecule has 1 fully saturated rings. The number of rotatable bonds is 5. The summed E-state index contributed by atoms with van der Waals surface area (Å²) in [6, 6.07) is 9.80. The van der Waals surface area contributed by atoms with Gasteiger partial charge in [-0.05, 0) is 38.2 Å². The fraction of sp³-hybridized carbons (Fsp3) is 0.421. The SMILES string of the molecule is Cc1c(C(=O)O)cnn1C1CCC(NC(=O)OCc2ccccc2)CC1. The minimum atomic E-state index is -0.953. The summed E-state index contributed by atoms with van der Waals surface area (Å²) < 4.78 is 7.06. The van der Waals surface area contributed by atoms with Crippen molar-refractivity contribution in [2.24, 2.45) is 0 Å². The molecule has 0 bridgehead atoms. The summed E-state index contributed by atoms with van der Waals surface area (Å²) in [5.74, 6) is -0.953. The third kappa shape index (κ3) is 4.22. The average molecular weight is 357 g/mol. The molecule has 0 atom stereocenters. The first-order chi connectivity index (χ1) is 12.5. The number of ether oxygens (including phenoxy) is 1. The molecule has 1 saturated carbocycles.